The molecule has 2 atom stereocenters. The molecule has 0 saturated carbocycles. The minimum absolute atomic E-state index is 0.0160. The number of alkyl halides is 1. The van der Waals surface area contributed by atoms with Crippen molar-refractivity contribution in [1.82, 2.24) is 20.3 Å². The van der Waals surface area contributed by atoms with Crippen LogP contribution in [0.1, 0.15) is 30.0 Å². The van der Waals surface area contributed by atoms with E-state index in [0.717, 1.165) is 5.56 Å². The number of aryl methyl sites for hydroxylation is 1. The van der Waals surface area contributed by atoms with Gasteiger partial charge in [-0.05, 0) is 54.3 Å². The molecule has 2 aromatic heterocycles. The first-order valence-corrected chi connectivity index (χ1v) is 14.9. The van der Waals surface area contributed by atoms with Crippen LogP contribution in [0.15, 0.2) is 54.7 Å². The number of hydrogen-bond donors (Lipinski definition) is 3. The maximum atomic E-state index is 15.1. The molecule has 4 aromatic rings. The van der Waals surface area contributed by atoms with Crippen LogP contribution in [0.5, 0.6) is 0 Å². The van der Waals surface area contributed by atoms with Crippen molar-refractivity contribution in [2.24, 2.45) is 5.92 Å². The maximum absolute atomic E-state index is 15.1. The van der Waals surface area contributed by atoms with E-state index in [1.54, 1.807) is 24.4 Å². The first kappa shape index (κ1) is 28.3. The summed E-state index contributed by atoms with van der Waals surface area (Å²) in [6, 6.07) is 14.2. The number of benzene rings is 2. The number of fused-ring (bicyclic) bond motifs is 1. The van der Waals surface area contributed by atoms with Crippen LogP contribution in [-0.2, 0) is 22.2 Å². The first-order chi connectivity index (χ1) is 19.8. The van der Waals surface area contributed by atoms with Gasteiger partial charge in [0.2, 0.25) is 16.0 Å². The number of hydrogen-bond acceptors (Lipinski definition) is 8. The van der Waals surface area contributed by atoms with Crippen molar-refractivity contribution in [3.8, 4) is 17.3 Å². The smallest absolute Gasteiger partial charge is 0.237 e. The third-order valence-corrected chi connectivity index (χ3v) is 8.21. The predicted molar refractivity (Wildman–Crippen MR) is 154 cm³/mol. The number of piperidine rings is 1. The van der Waals surface area contributed by atoms with Gasteiger partial charge in [-0.25, -0.2) is 27.8 Å². The fraction of sp³-hybridized carbons (Fsp3) is 0.310. The second kappa shape index (κ2) is 12.1. The Balaban J connectivity index is 1.34. The van der Waals surface area contributed by atoms with Crippen molar-refractivity contribution in [3.63, 3.8) is 0 Å². The van der Waals surface area contributed by atoms with Gasteiger partial charge in [0.05, 0.1) is 47.2 Å². The molecule has 3 N–H and O–H groups in total. The molecule has 1 saturated heterocycles. The number of sulfonamides is 1. The lowest BCUT2D eigenvalue weighted by molar-refractivity contribution is 0.282. The molecular weight excluding hydrogens is 548 g/mol. The lowest BCUT2D eigenvalue weighted by atomic mass is 9.97. The van der Waals surface area contributed by atoms with Crippen LogP contribution in [0.25, 0.3) is 22.3 Å². The van der Waals surface area contributed by atoms with Gasteiger partial charge >= 0.3 is 0 Å². The number of nitriles is 1. The lowest BCUT2D eigenvalue weighted by Crippen LogP contribution is -2.44. The zero-order valence-corrected chi connectivity index (χ0v) is 23.2. The van der Waals surface area contributed by atoms with Crippen LogP contribution in [0.4, 0.5) is 20.4 Å². The summed E-state index contributed by atoms with van der Waals surface area (Å²) in [6.07, 6.45) is 2.95. The SMILES string of the molecule is CCc1cc(-c2ccc(NS(=O)(=O)Cc3ccc(C#N)cc3)c(F)c2)nc2cnc(N[C@@H]3CNC[C@H](CF)C3)nc12. The summed E-state index contributed by atoms with van der Waals surface area (Å²) in [5, 5.41) is 15.4. The highest BCUT2D eigenvalue weighted by atomic mass is 32.2. The Morgan fingerprint density at radius 2 is 1.93 bits per heavy atom. The molecule has 5 rings (SSSR count). The Labute approximate surface area is 237 Å². The number of halogens is 2. The molecule has 0 amide bonds. The van der Waals surface area contributed by atoms with Crippen LogP contribution in [0.3, 0.4) is 0 Å². The third-order valence-electron chi connectivity index (χ3n) is 6.97. The van der Waals surface area contributed by atoms with E-state index in [2.05, 4.69) is 30.3 Å². The van der Waals surface area contributed by atoms with Gasteiger partial charge in [-0.1, -0.05) is 25.1 Å². The van der Waals surface area contributed by atoms with Crippen LogP contribution >= 0.6 is 0 Å². The molecule has 0 bridgehead atoms. The van der Waals surface area contributed by atoms with E-state index in [4.69, 9.17) is 5.26 Å². The minimum atomic E-state index is -3.90. The molecule has 2 aromatic carbocycles. The van der Waals surface area contributed by atoms with Crippen molar-refractivity contribution in [2.75, 3.05) is 29.8 Å². The van der Waals surface area contributed by atoms with Crippen molar-refractivity contribution < 1.29 is 17.2 Å². The summed E-state index contributed by atoms with van der Waals surface area (Å²) >= 11 is 0. The summed E-state index contributed by atoms with van der Waals surface area (Å²) in [5.74, 6) is -0.705. The van der Waals surface area contributed by atoms with Crippen LogP contribution < -0.4 is 15.4 Å². The van der Waals surface area contributed by atoms with E-state index in [9.17, 15) is 12.8 Å². The summed E-state index contributed by atoms with van der Waals surface area (Å²) in [4.78, 5) is 13.7. The van der Waals surface area contributed by atoms with Crippen LogP contribution in [0, 0.1) is 23.1 Å². The molecule has 1 fully saturated rings. The number of nitrogens with one attached hydrogen (secondary N) is 3. The van der Waals surface area contributed by atoms with Crippen LogP contribution in [-0.4, -0.2) is 49.2 Å². The molecule has 212 valence electrons. The van der Waals surface area contributed by atoms with Crippen molar-refractivity contribution in [2.45, 2.75) is 31.6 Å². The van der Waals surface area contributed by atoms with E-state index in [0.29, 0.717) is 65.3 Å². The Kier molecular flexibility index (Phi) is 8.37. The fourth-order valence-corrected chi connectivity index (χ4v) is 6.08. The first-order valence-electron chi connectivity index (χ1n) is 13.3. The molecule has 9 nitrogen and oxygen atoms in total. The Morgan fingerprint density at radius 3 is 2.63 bits per heavy atom. The summed E-state index contributed by atoms with van der Waals surface area (Å²) in [6.45, 7) is 2.97. The topological polar surface area (TPSA) is 133 Å². The normalized spacial score (nSPS) is 17.2. The van der Waals surface area contributed by atoms with Crippen molar-refractivity contribution in [3.05, 3.63) is 77.2 Å². The predicted octanol–water partition coefficient (Wildman–Crippen LogP) is 4.57. The average molecular weight is 578 g/mol. The van der Waals surface area contributed by atoms with E-state index in [1.807, 2.05) is 19.1 Å². The molecule has 3 heterocycles. The van der Waals surface area contributed by atoms with Crippen molar-refractivity contribution in [1.29, 1.82) is 5.26 Å². The Hall–Kier alpha value is -4.21. The van der Waals surface area contributed by atoms with Gasteiger partial charge < -0.3 is 10.6 Å². The summed E-state index contributed by atoms with van der Waals surface area (Å²) < 4.78 is 55.8. The van der Waals surface area contributed by atoms with E-state index in [1.165, 1.54) is 24.3 Å². The largest absolute Gasteiger partial charge is 0.350 e. The molecule has 12 heteroatoms. The monoisotopic (exact) mass is 577 g/mol. The lowest BCUT2D eigenvalue weighted by Gasteiger charge is -2.29. The van der Waals surface area contributed by atoms with Crippen LogP contribution in [0.2, 0.25) is 0 Å². The fourth-order valence-electron chi connectivity index (χ4n) is 4.87. The highest BCUT2D eigenvalue weighted by molar-refractivity contribution is 7.91. The van der Waals surface area contributed by atoms with Gasteiger partial charge in [-0.2, -0.15) is 5.26 Å². The van der Waals surface area contributed by atoms with Gasteiger partial charge in [-0.3, -0.25) is 9.11 Å². The number of rotatable bonds is 9. The second-order valence-electron chi connectivity index (χ2n) is 10.1. The highest BCUT2D eigenvalue weighted by Crippen LogP contribution is 2.28. The second-order valence-corrected chi connectivity index (χ2v) is 11.8. The Bertz CT molecular complexity index is 1710. The minimum Gasteiger partial charge on any atom is -0.350 e. The zero-order valence-electron chi connectivity index (χ0n) is 22.4. The molecule has 1 aliphatic heterocycles. The van der Waals surface area contributed by atoms with Gasteiger partial charge in [0.1, 0.15) is 11.3 Å². The molecule has 0 unspecified atom stereocenters. The van der Waals surface area contributed by atoms with E-state index in [-0.39, 0.29) is 30.1 Å². The number of anilines is 2. The molecule has 0 radical (unpaired) electrons. The van der Waals surface area contributed by atoms with Gasteiger partial charge in [0, 0.05) is 30.6 Å². The van der Waals surface area contributed by atoms with Gasteiger partial charge in [0.25, 0.3) is 0 Å². The number of aromatic nitrogens is 3. The van der Waals surface area contributed by atoms with E-state index < -0.39 is 15.8 Å². The maximum Gasteiger partial charge on any atom is 0.237 e. The molecule has 1 aliphatic rings. The average Bonchev–Trinajstić information content (AvgIpc) is 2.98. The Morgan fingerprint density at radius 1 is 1.12 bits per heavy atom. The third kappa shape index (κ3) is 6.75. The molecule has 41 heavy (non-hydrogen) atoms. The zero-order chi connectivity index (χ0) is 29.0. The number of pyridine rings is 1. The quantitative estimate of drug-likeness (QED) is 0.264. The summed E-state index contributed by atoms with van der Waals surface area (Å²) in [5.41, 5.74) is 3.81. The van der Waals surface area contributed by atoms with E-state index >= 15 is 4.39 Å². The van der Waals surface area contributed by atoms with Gasteiger partial charge in [0.15, 0.2) is 0 Å². The van der Waals surface area contributed by atoms with Crippen molar-refractivity contribution >= 4 is 32.7 Å². The molecule has 0 spiro atoms. The number of nitrogens with zero attached hydrogens (tertiary/aromatic N) is 4. The molecular formula is C29H29F2N7O2S. The molecule has 0 aliphatic carbocycles. The summed E-state index contributed by atoms with van der Waals surface area (Å²) in [7, 11) is -3.90. The standard InChI is InChI=1S/C29H29F2N7O2S/c1-2-21-11-26(36-27-16-34-29(37-28(21)27)35-23-9-20(12-30)14-33-15-23)22-7-8-25(24(31)10-22)38-41(39,40)17-19-5-3-18(13-32)4-6-19/h3-8,10-11,16,20,23,33,38H,2,9,12,14-15,17H2,1H3,(H,34,35,37)/t20-,23-/m0/s1. The van der Waals surface area contributed by atoms with Gasteiger partial charge in [-0.15, -0.1) is 0 Å². The highest BCUT2D eigenvalue weighted by Gasteiger charge is 2.22.